The molecule has 5 nitrogen and oxygen atoms in total. The Morgan fingerprint density at radius 1 is 1.19 bits per heavy atom. The molecule has 2 aromatic rings. The van der Waals surface area contributed by atoms with E-state index in [-0.39, 0.29) is 0 Å². The average Bonchev–Trinajstić information content (AvgIpc) is 2.97. The van der Waals surface area contributed by atoms with Crippen LogP contribution in [0.2, 0.25) is 0 Å². The van der Waals surface area contributed by atoms with E-state index in [0.717, 1.165) is 38.3 Å². The number of hydrogen-bond acceptors (Lipinski definition) is 5. The van der Waals surface area contributed by atoms with Gasteiger partial charge in [-0.05, 0) is 11.5 Å². The first-order valence-corrected chi connectivity index (χ1v) is 7.58. The summed E-state index contributed by atoms with van der Waals surface area (Å²) < 4.78 is 5.38. The zero-order chi connectivity index (χ0) is 14.7. The van der Waals surface area contributed by atoms with Crippen LogP contribution in [0.25, 0.3) is 11.4 Å². The molecule has 1 aliphatic heterocycles. The molecule has 2 heterocycles. The molecule has 0 atom stereocenters. The van der Waals surface area contributed by atoms with E-state index in [1.165, 1.54) is 5.56 Å². The summed E-state index contributed by atoms with van der Waals surface area (Å²) in [6.07, 6.45) is 0. The van der Waals surface area contributed by atoms with E-state index in [4.69, 9.17) is 4.52 Å². The fourth-order valence-electron chi connectivity index (χ4n) is 2.51. The Balaban J connectivity index is 1.69. The number of rotatable bonds is 4. The van der Waals surface area contributed by atoms with Crippen LogP contribution >= 0.6 is 0 Å². The van der Waals surface area contributed by atoms with Crippen LogP contribution in [-0.4, -0.2) is 41.2 Å². The van der Waals surface area contributed by atoms with Gasteiger partial charge in [0.05, 0.1) is 6.54 Å². The van der Waals surface area contributed by atoms with E-state index in [1.54, 1.807) is 0 Å². The van der Waals surface area contributed by atoms with Crippen molar-refractivity contribution in [3.63, 3.8) is 0 Å². The summed E-state index contributed by atoms with van der Waals surface area (Å²) in [5.41, 5.74) is 2.33. The molecule has 0 spiro atoms. The van der Waals surface area contributed by atoms with Gasteiger partial charge in [0.2, 0.25) is 11.7 Å². The summed E-state index contributed by atoms with van der Waals surface area (Å²) in [6.45, 7) is 9.22. The molecule has 0 radical (unpaired) electrons. The van der Waals surface area contributed by atoms with Gasteiger partial charge in [0, 0.05) is 31.7 Å². The summed E-state index contributed by atoms with van der Waals surface area (Å²) in [5, 5.41) is 7.44. The van der Waals surface area contributed by atoms with E-state index in [1.807, 2.05) is 0 Å². The molecule has 21 heavy (non-hydrogen) atoms. The standard InChI is InChI=1S/C16H22N4O/c1-12(2)13-3-5-14(6-4-13)16-18-15(21-19-16)11-20-9-7-17-8-10-20/h3-6,12,17H,7-11H2,1-2H3. The lowest BCUT2D eigenvalue weighted by Gasteiger charge is -2.25. The van der Waals surface area contributed by atoms with Gasteiger partial charge in [0.25, 0.3) is 0 Å². The van der Waals surface area contributed by atoms with Crippen molar-refractivity contribution in [2.24, 2.45) is 0 Å². The van der Waals surface area contributed by atoms with E-state index in [0.29, 0.717) is 17.6 Å². The van der Waals surface area contributed by atoms with Gasteiger partial charge in [0.1, 0.15) is 0 Å². The molecule has 1 fully saturated rings. The lowest BCUT2D eigenvalue weighted by Crippen LogP contribution is -2.42. The van der Waals surface area contributed by atoms with Crippen molar-refractivity contribution in [3.8, 4) is 11.4 Å². The molecule has 0 unspecified atom stereocenters. The summed E-state index contributed by atoms with van der Waals surface area (Å²) in [7, 11) is 0. The minimum atomic E-state index is 0.535. The minimum absolute atomic E-state index is 0.535. The molecule has 1 aliphatic rings. The van der Waals surface area contributed by atoms with Crippen molar-refractivity contribution in [3.05, 3.63) is 35.7 Å². The number of benzene rings is 1. The van der Waals surface area contributed by atoms with Gasteiger partial charge in [-0.3, -0.25) is 4.90 Å². The predicted octanol–water partition coefficient (Wildman–Crippen LogP) is 2.27. The Morgan fingerprint density at radius 3 is 2.57 bits per heavy atom. The van der Waals surface area contributed by atoms with Crippen molar-refractivity contribution >= 4 is 0 Å². The van der Waals surface area contributed by atoms with Crippen LogP contribution in [0, 0.1) is 0 Å². The normalized spacial score (nSPS) is 16.5. The van der Waals surface area contributed by atoms with Crippen LogP contribution in [0.1, 0.15) is 31.2 Å². The number of aromatic nitrogens is 2. The van der Waals surface area contributed by atoms with Gasteiger partial charge in [-0.1, -0.05) is 43.3 Å². The Labute approximate surface area is 125 Å². The van der Waals surface area contributed by atoms with Crippen LogP contribution in [0.3, 0.4) is 0 Å². The summed E-state index contributed by atoms with van der Waals surface area (Å²) >= 11 is 0. The second-order valence-corrected chi connectivity index (χ2v) is 5.81. The van der Waals surface area contributed by atoms with Crippen molar-refractivity contribution in [1.82, 2.24) is 20.4 Å². The second-order valence-electron chi connectivity index (χ2n) is 5.81. The van der Waals surface area contributed by atoms with E-state index in [9.17, 15) is 0 Å². The Kier molecular flexibility index (Phi) is 4.31. The summed E-state index contributed by atoms with van der Waals surface area (Å²) in [5.74, 6) is 1.91. The molecule has 1 aromatic carbocycles. The second kappa shape index (κ2) is 6.37. The molecule has 0 aliphatic carbocycles. The highest BCUT2D eigenvalue weighted by atomic mass is 16.5. The minimum Gasteiger partial charge on any atom is -0.338 e. The quantitative estimate of drug-likeness (QED) is 0.934. The average molecular weight is 286 g/mol. The Morgan fingerprint density at radius 2 is 1.90 bits per heavy atom. The van der Waals surface area contributed by atoms with Crippen LogP contribution in [0.4, 0.5) is 0 Å². The Bertz CT molecular complexity index is 570. The zero-order valence-corrected chi connectivity index (χ0v) is 12.7. The molecular formula is C16H22N4O. The van der Waals surface area contributed by atoms with Crippen molar-refractivity contribution in [2.75, 3.05) is 26.2 Å². The first-order chi connectivity index (χ1) is 10.2. The molecule has 3 rings (SSSR count). The smallest absolute Gasteiger partial charge is 0.241 e. The third-order valence-electron chi connectivity index (χ3n) is 3.87. The fraction of sp³-hybridized carbons (Fsp3) is 0.500. The molecule has 112 valence electrons. The van der Waals surface area contributed by atoms with Crippen LogP contribution < -0.4 is 5.32 Å². The van der Waals surface area contributed by atoms with Gasteiger partial charge < -0.3 is 9.84 Å². The van der Waals surface area contributed by atoms with Gasteiger partial charge in [0.15, 0.2) is 0 Å². The van der Waals surface area contributed by atoms with E-state index in [2.05, 4.69) is 58.5 Å². The van der Waals surface area contributed by atoms with Gasteiger partial charge >= 0.3 is 0 Å². The van der Waals surface area contributed by atoms with Gasteiger partial charge in [-0.25, -0.2) is 0 Å². The maximum Gasteiger partial charge on any atom is 0.241 e. The molecule has 5 heteroatoms. The fourth-order valence-corrected chi connectivity index (χ4v) is 2.51. The lowest BCUT2D eigenvalue weighted by atomic mass is 10.0. The first-order valence-electron chi connectivity index (χ1n) is 7.58. The largest absolute Gasteiger partial charge is 0.338 e. The van der Waals surface area contributed by atoms with Crippen LogP contribution in [-0.2, 0) is 6.54 Å². The lowest BCUT2D eigenvalue weighted by molar-refractivity contribution is 0.203. The molecular weight excluding hydrogens is 264 g/mol. The highest BCUT2D eigenvalue weighted by Gasteiger charge is 2.15. The number of piperazine rings is 1. The highest BCUT2D eigenvalue weighted by Crippen LogP contribution is 2.20. The van der Waals surface area contributed by atoms with Crippen molar-refractivity contribution in [1.29, 1.82) is 0 Å². The molecule has 1 saturated heterocycles. The van der Waals surface area contributed by atoms with Crippen LogP contribution in [0.15, 0.2) is 28.8 Å². The third kappa shape index (κ3) is 3.49. The van der Waals surface area contributed by atoms with Gasteiger partial charge in [-0.15, -0.1) is 0 Å². The Hall–Kier alpha value is -1.72. The van der Waals surface area contributed by atoms with Crippen LogP contribution in [0.5, 0.6) is 0 Å². The van der Waals surface area contributed by atoms with E-state index < -0.39 is 0 Å². The van der Waals surface area contributed by atoms with Crippen molar-refractivity contribution in [2.45, 2.75) is 26.3 Å². The maximum absolute atomic E-state index is 5.38. The summed E-state index contributed by atoms with van der Waals surface area (Å²) in [4.78, 5) is 6.84. The third-order valence-corrected chi connectivity index (χ3v) is 3.87. The number of hydrogen-bond donors (Lipinski definition) is 1. The molecule has 0 saturated carbocycles. The summed E-state index contributed by atoms with van der Waals surface area (Å²) in [6, 6.07) is 8.39. The number of nitrogens with zero attached hydrogens (tertiary/aromatic N) is 3. The first kappa shape index (κ1) is 14.2. The van der Waals surface area contributed by atoms with E-state index >= 15 is 0 Å². The maximum atomic E-state index is 5.38. The zero-order valence-electron chi connectivity index (χ0n) is 12.7. The SMILES string of the molecule is CC(C)c1ccc(-c2noc(CN3CCNCC3)n2)cc1. The van der Waals surface area contributed by atoms with Crippen molar-refractivity contribution < 1.29 is 4.52 Å². The van der Waals surface area contributed by atoms with Gasteiger partial charge in [-0.2, -0.15) is 4.98 Å². The topological polar surface area (TPSA) is 54.2 Å². The predicted molar refractivity (Wildman–Crippen MR) is 82.0 cm³/mol. The number of nitrogens with one attached hydrogen (secondary N) is 1. The molecule has 1 N–H and O–H groups in total. The molecule has 0 amide bonds. The molecule has 0 bridgehead atoms. The molecule has 1 aromatic heterocycles. The highest BCUT2D eigenvalue weighted by molar-refractivity contribution is 5.54. The monoisotopic (exact) mass is 286 g/mol.